The van der Waals surface area contributed by atoms with Gasteiger partial charge in [0.2, 0.25) is 0 Å². The summed E-state index contributed by atoms with van der Waals surface area (Å²) in [5.41, 5.74) is 0.801. The van der Waals surface area contributed by atoms with Gasteiger partial charge in [0.15, 0.2) is 0 Å². The first-order valence-electron chi connectivity index (χ1n) is 8.62. The summed E-state index contributed by atoms with van der Waals surface area (Å²) in [7, 11) is 0. The molecule has 0 aromatic rings. The molecule has 5 heteroatoms. The maximum Gasteiger partial charge on any atom is 0.334 e. The Labute approximate surface area is 142 Å². The molecule has 0 spiro atoms. The lowest BCUT2D eigenvalue weighted by molar-refractivity contribution is -0.183. The molecule has 24 heavy (non-hydrogen) atoms. The molecule has 2 aliphatic carbocycles. The Morgan fingerprint density at radius 3 is 2.71 bits per heavy atom. The summed E-state index contributed by atoms with van der Waals surface area (Å²) in [4.78, 5) is 24.3. The van der Waals surface area contributed by atoms with Crippen molar-refractivity contribution in [2.24, 2.45) is 23.2 Å². The minimum atomic E-state index is -0.565. The van der Waals surface area contributed by atoms with Crippen LogP contribution in [0.15, 0.2) is 24.3 Å². The second kappa shape index (κ2) is 5.73. The number of fused-ring (bicyclic) bond motifs is 2. The van der Waals surface area contributed by atoms with Crippen LogP contribution in [-0.2, 0) is 19.1 Å². The van der Waals surface area contributed by atoms with Crippen LogP contribution in [0, 0.1) is 23.2 Å². The molecule has 1 N–H and O–H groups in total. The molecule has 0 aromatic carbocycles. The molecule has 3 fully saturated rings. The first kappa shape index (κ1) is 17.2. The fraction of sp³-hybridized carbons (Fsp3) is 0.684. The van der Waals surface area contributed by atoms with Crippen LogP contribution in [0.2, 0.25) is 0 Å². The molecule has 6 atom stereocenters. The molecule has 0 bridgehead atoms. The predicted molar refractivity (Wildman–Crippen MR) is 87.8 cm³/mol. The Hall–Kier alpha value is -1.62. The van der Waals surface area contributed by atoms with Crippen LogP contribution in [-0.4, -0.2) is 35.4 Å². The molecule has 2 saturated carbocycles. The van der Waals surface area contributed by atoms with E-state index in [9.17, 15) is 14.7 Å². The van der Waals surface area contributed by atoms with Crippen LogP contribution in [0.4, 0.5) is 0 Å². The van der Waals surface area contributed by atoms with Gasteiger partial charge in [-0.1, -0.05) is 39.5 Å². The van der Waals surface area contributed by atoms with E-state index in [4.69, 9.17) is 9.47 Å². The van der Waals surface area contributed by atoms with Gasteiger partial charge in [0.05, 0.1) is 17.9 Å². The summed E-state index contributed by atoms with van der Waals surface area (Å²) in [5, 5.41) is 10.6. The van der Waals surface area contributed by atoms with E-state index in [-0.39, 0.29) is 23.7 Å². The number of aliphatic hydroxyl groups excluding tert-OH is 1. The summed E-state index contributed by atoms with van der Waals surface area (Å²) in [5.74, 6) is -1.58. The van der Waals surface area contributed by atoms with E-state index in [1.165, 1.54) is 0 Å². The quantitative estimate of drug-likeness (QED) is 0.477. The van der Waals surface area contributed by atoms with Gasteiger partial charge in [-0.05, 0) is 19.3 Å². The SMILES string of the molecule is C=C1C(=O)O[C@@H]2C[C@@]3(C)[C@H](O)CCC(=C)[C@@H]3[C@@H](OC(=O)C(C)C)[C@H]12. The minimum absolute atomic E-state index is 0.198. The van der Waals surface area contributed by atoms with Crippen molar-refractivity contribution in [2.45, 2.75) is 58.3 Å². The fourth-order valence-electron chi connectivity index (χ4n) is 4.63. The topological polar surface area (TPSA) is 72.8 Å². The number of aliphatic hydroxyl groups is 1. The standard InChI is InChI=1S/C19H26O5/c1-9(2)17(21)24-16-14-11(4)18(22)23-12(14)8-19(5)13(20)7-6-10(3)15(16)19/h9,12-16,20H,3-4,6-8H2,1-2,5H3/t12-,13-,14-,15-,16+,19+/m1/s1. The Morgan fingerprint density at radius 2 is 2.08 bits per heavy atom. The highest BCUT2D eigenvalue weighted by Crippen LogP contribution is 2.57. The normalized spacial score (nSPS) is 41.7. The highest BCUT2D eigenvalue weighted by molar-refractivity contribution is 5.91. The van der Waals surface area contributed by atoms with Crippen molar-refractivity contribution >= 4 is 11.9 Å². The van der Waals surface area contributed by atoms with Crippen LogP contribution in [0.25, 0.3) is 0 Å². The predicted octanol–water partition coefficient (Wildman–Crippen LogP) is 2.39. The lowest BCUT2D eigenvalue weighted by Gasteiger charge is -2.54. The molecule has 0 radical (unpaired) electrons. The smallest absolute Gasteiger partial charge is 0.334 e. The molecule has 1 aliphatic heterocycles. The molecule has 132 valence electrons. The van der Waals surface area contributed by atoms with E-state index < -0.39 is 29.7 Å². The average Bonchev–Trinajstić information content (AvgIpc) is 2.77. The van der Waals surface area contributed by atoms with Gasteiger partial charge < -0.3 is 14.6 Å². The van der Waals surface area contributed by atoms with Crippen molar-refractivity contribution in [1.82, 2.24) is 0 Å². The van der Waals surface area contributed by atoms with Gasteiger partial charge in [0.25, 0.3) is 0 Å². The van der Waals surface area contributed by atoms with Gasteiger partial charge in [-0.25, -0.2) is 4.79 Å². The first-order chi connectivity index (χ1) is 11.2. The number of rotatable bonds is 2. The molecule has 0 aromatic heterocycles. The van der Waals surface area contributed by atoms with Crippen molar-refractivity contribution in [3.8, 4) is 0 Å². The maximum atomic E-state index is 12.3. The van der Waals surface area contributed by atoms with Crippen LogP contribution >= 0.6 is 0 Å². The van der Waals surface area contributed by atoms with E-state index >= 15 is 0 Å². The number of hydrogen-bond acceptors (Lipinski definition) is 5. The molecule has 1 heterocycles. The van der Waals surface area contributed by atoms with Crippen molar-refractivity contribution in [1.29, 1.82) is 0 Å². The largest absolute Gasteiger partial charge is 0.461 e. The Kier molecular flexibility index (Phi) is 4.11. The highest BCUT2D eigenvalue weighted by atomic mass is 16.6. The monoisotopic (exact) mass is 334 g/mol. The molecule has 0 unspecified atom stereocenters. The molecule has 5 nitrogen and oxygen atoms in total. The molecule has 1 saturated heterocycles. The number of hydrogen-bond donors (Lipinski definition) is 1. The number of carbonyl (C=O) groups is 2. The van der Waals surface area contributed by atoms with Crippen molar-refractivity contribution in [2.75, 3.05) is 0 Å². The Morgan fingerprint density at radius 1 is 1.42 bits per heavy atom. The summed E-state index contributed by atoms with van der Waals surface area (Å²) in [6.07, 6.45) is 0.338. The van der Waals surface area contributed by atoms with Gasteiger partial charge in [0, 0.05) is 16.9 Å². The highest BCUT2D eigenvalue weighted by Gasteiger charge is 2.62. The third-order valence-corrected chi connectivity index (χ3v) is 6.02. The zero-order valence-electron chi connectivity index (χ0n) is 14.6. The molecular formula is C19H26O5. The van der Waals surface area contributed by atoms with Crippen LogP contribution in [0.3, 0.4) is 0 Å². The molecule has 3 aliphatic rings. The Bertz CT molecular complexity index is 607. The van der Waals surface area contributed by atoms with E-state index in [2.05, 4.69) is 13.2 Å². The van der Waals surface area contributed by atoms with E-state index in [1.807, 2.05) is 6.92 Å². The van der Waals surface area contributed by atoms with Gasteiger partial charge >= 0.3 is 11.9 Å². The van der Waals surface area contributed by atoms with E-state index in [0.717, 1.165) is 5.57 Å². The molecule has 3 rings (SSSR count). The van der Waals surface area contributed by atoms with Crippen molar-refractivity contribution < 1.29 is 24.2 Å². The fourth-order valence-corrected chi connectivity index (χ4v) is 4.63. The van der Waals surface area contributed by atoms with Crippen molar-refractivity contribution in [3.05, 3.63) is 24.3 Å². The van der Waals surface area contributed by atoms with Gasteiger partial charge in [-0.15, -0.1) is 0 Å². The molecule has 0 amide bonds. The zero-order valence-corrected chi connectivity index (χ0v) is 14.6. The zero-order chi connectivity index (χ0) is 17.8. The van der Waals surface area contributed by atoms with Crippen molar-refractivity contribution in [3.63, 3.8) is 0 Å². The first-order valence-corrected chi connectivity index (χ1v) is 8.62. The summed E-state index contributed by atoms with van der Waals surface area (Å²) >= 11 is 0. The van der Waals surface area contributed by atoms with E-state index in [1.54, 1.807) is 13.8 Å². The summed E-state index contributed by atoms with van der Waals surface area (Å²) < 4.78 is 11.3. The summed E-state index contributed by atoms with van der Waals surface area (Å²) in [6, 6.07) is 0. The summed E-state index contributed by atoms with van der Waals surface area (Å²) in [6.45, 7) is 13.6. The average molecular weight is 334 g/mol. The van der Waals surface area contributed by atoms with Gasteiger partial charge in [-0.3, -0.25) is 4.79 Å². The van der Waals surface area contributed by atoms with Crippen LogP contribution in [0.5, 0.6) is 0 Å². The third kappa shape index (κ3) is 2.41. The number of esters is 2. The maximum absolute atomic E-state index is 12.3. The van der Waals surface area contributed by atoms with Gasteiger partial charge in [0.1, 0.15) is 12.2 Å². The van der Waals surface area contributed by atoms with Crippen LogP contribution < -0.4 is 0 Å². The second-order valence-electron chi connectivity index (χ2n) is 7.95. The lowest BCUT2D eigenvalue weighted by Crippen LogP contribution is -2.58. The third-order valence-electron chi connectivity index (χ3n) is 6.02. The Balaban J connectivity index is 2.04. The van der Waals surface area contributed by atoms with Crippen LogP contribution in [0.1, 0.15) is 40.0 Å². The second-order valence-corrected chi connectivity index (χ2v) is 7.95. The number of ether oxygens (including phenoxy) is 2. The molecular weight excluding hydrogens is 308 g/mol. The van der Waals surface area contributed by atoms with Gasteiger partial charge in [-0.2, -0.15) is 0 Å². The van der Waals surface area contributed by atoms with E-state index in [0.29, 0.717) is 24.8 Å². The number of carbonyl (C=O) groups excluding carboxylic acids is 2. The lowest BCUT2D eigenvalue weighted by atomic mass is 9.53. The minimum Gasteiger partial charge on any atom is -0.461 e.